The molecule has 2 aromatic rings. The zero-order valence-corrected chi connectivity index (χ0v) is 14.6. The molecule has 0 fully saturated rings. The molecule has 0 atom stereocenters. The summed E-state index contributed by atoms with van der Waals surface area (Å²) in [7, 11) is 1.72. The van der Waals surface area contributed by atoms with Gasteiger partial charge in [-0.3, -0.25) is 0 Å². The highest BCUT2D eigenvalue weighted by Gasteiger charge is 2.16. The normalized spacial score (nSPS) is 11.5. The van der Waals surface area contributed by atoms with Gasteiger partial charge < -0.3 is 10.1 Å². The monoisotopic (exact) mass is 303 g/mol. The van der Waals surface area contributed by atoms with Gasteiger partial charge in [-0.15, -0.1) is 11.3 Å². The van der Waals surface area contributed by atoms with Gasteiger partial charge in [0.1, 0.15) is 5.75 Å². The molecule has 0 saturated heterocycles. The molecule has 0 saturated carbocycles. The zero-order valence-electron chi connectivity index (χ0n) is 13.8. The van der Waals surface area contributed by atoms with Crippen molar-refractivity contribution < 1.29 is 4.74 Å². The van der Waals surface area contributed by atoms with Crippen LogP contribution >= 0.6 is 11.3 Å². The minimum absolute atomic E-state index is 0.136. The maximum Gasteiger partial charge on any atom is 0.141 e. The Balaban J connectivity index is 2.23. The van der Waals surface area contributed by atoms with E-state index in [1.165, 1.54) is 20.9 Å². The topological polar surface area (TPSA) is 21.3 Å². The molecule has 0 aliphatic carbocycles. The Bertz CT molecular complexity index is 623. The van der Waals surface area contributed by atoms with Crippen molar-refractivity contribution in [3.8, 4) is 5.75 Å². The highest BCUT2D eigenvalue weighted by molar-refractivity contribution is 7.12. The van der Waals surface area contributed by atoms with E-state index in [0.717, 1.165) is 18.0 Å². The molecule has 0 aliphatic rings. The third kappa shape index (κ3) is 3.79. The summed E-state index contributed by atoms with van der Waals surface area (Å²) in [4.78, 5) is 2.74. The lowest BCUT2D eigenvalue weighted by atomic mass is 9.87. The van der Waals surface area contributed by atoms with E-state index in [0.29, 0.717) is 0 Å². The fourth-order valence-electron chi connectivity index (χ4n) is 2.36. The minimum atomic E-state index is 0.136. The summed E-state index contributed by atoms with van der Waals surface area (Å²) < 4.78 is 5.48. The fourth-order valence-corrected chi connectivity index (χ4v) is 3.31. The third-order valence-corrected chi connectivity index (χ3v) is 4.69. The van der Waals surface area contributed by atoms with Gasteiger partial charge in [-0.2, -0.15) is 0 Å². The number of anilines is 1. The van der Waals surface area contributed by atoms with Crippen molar-refractivity contribution in [1.82, 2.24) is 0 Å². The molecule has 2 rings (SSSR count). The Morgan fingerprint density at radius 2 is 1.86 bits per heavy atom. The van der Waals surface area contributed by atoms with Crippen LogP contribution in [0.2, 0.25) is 0 Å². The first-order valence-corrected chi connectivity index (χ1v) is 8.11. The van der Waals surface area contributed by atoms with Crippen molar-refractivity contribution in [2.75, 3.05) is 12.4 Å². The van der Waals surface area contributed by atoms with Crippen molar-refractivity contribution in [1.29, 1.82) is 0 Å². The van der Waals surface area contributed by atoms with Gasteiger partial charge in [0, 0.05) is 16.3 Å². The van der Waals surface area contributed by atoms with E-state index in [2.05, 4.69) is 64.2 Å². The molecule has 0 aliphatic heterocycles. The second-order valence-electron chi connectivity index (χ2n) is 6.46. The Morgan fingerprint density at radius 1 is 1.14 bits per heavy atom. The molecule has 1 N–H and O–H groups in total. The molecule has 0 bridgehead atoms. The number of methoxy groups -OCH3 is 1. The predicted octanol–water partition coefficient (Wildman–Crippen LogP) is 5.28. The van der Waals surface area contributed by atoms with Crippen LogP contribution in [0.4, 0.5) is 5.69 Å². The van der Waals surface area contributed by atoms with Gasteiger partial charge in [-0.1, -0.05) is 26.8 Å². The van der Waals surface area contributed by atoms with Crippen LogP contribution in [0.5, 0.6) is 5.75 Å². The highest BCUT2D eigenvalue weighted by Crippen LogP contribution is 2.32. The number of hydrogen-bond donors (Lipinski definition) is 1. The SMILES string of the molecule is COc1ccc(C(C)(C)C)cc1NCc1cc(C)sc1C. The average molecular weight is 303 g/mol. The number of rotatable bonds is 4. The van der Waals surface area contributed by atoms with E-state index in [1.807, 2.05) is 11.3 Å². The number of nitrogens with one attached hydrogen (secondary N) is 1. The molecular weight excluding hydrogens is 278 g/mol. The third-order valence-electron chi connectivity index (χ3n) is 3.68. The molecule has 1 aromatic heterocycles. The predicted molar refractivity (Wildman–Crippen MR) is 92.8 cm³/mol. The second kappa shape index (κ2) is 6.10. The standard InChI is InChI=1S/C18H25NOS/c1-12-9-14(13(2)21-12)11-19-16-10-15(18(3,4)5)7-8-17(16)20-6/h7-10,19H,11H2,1-6H3. The van der Waals surface area contributed by atoms with Crippen LogP contribution in [0.3, 0.4) is 0 Å². The first kappa shape index (κ1) is 15.9. The van der Waals surface area contributed by atoms with Gasteiger partial charge >= 0.3 is 0 Å². The van der Waals surface area contributed by atoms with E-state index < -0.39 is 0 Å². The molecule has 21 heavy (non-hydrogen) atoms. The number of benzene rings is 1. The van der Waals surface area contributed by atoms with Crippen molar-refractivity contribution in [2.24, 2.45) is 0 Å². The van der Waals surface area contributed by atoms with E-state index in [4.69, 9.17) is 4.74 Å². The van der Waals surface area contributed by atoms with Gasteiger partial charge in [0.15, 0.2) is 0 Å². The van der Waals surface area contributed by atoms with Crippen LogP contribution in [0.1, 0.15) is 41.7 Å². The van der Waals surface area contributed by atoms with Crippen molar-refractivity contribution in [3.63, 3.8) is 0 Å². The lowest BCUT2D eigenvalue weighted by Gasteiger charge is -2.21. The maximum absolute atomic E-state index is 5.48. The summed E-state index contributed by atoms with van der Waals surface area (Å²) in [6.45, 7) is 11.8. The Hall–Kier alpha value is -1.48. The number of ether oxygens (including phenoxy) is 1. The van der Waals surface area contributed by atoms with Crippen LogP contribution in [-0.2, 0) is 12.0 Å². The first-order chi connectivity index (χ1) is 9.81. The van der Waals surface area contributed by atoms with Gasteiger partial charge in [-0.25, -0.2) is 0 Å². The molecule has 114 valence electrons. The maximum atomic E-state index is 5.48. The number of aryl methyl sites for hydroxylation is 2. The van der Waals surface area contributed by atoms with Crippen LogP contribution in [0.25, 0.3) is 0 Å². The number of thiophene rings is 1. The van der Waals surface area contributed by atoms with Crippen molar-refractivity contribution in [2.45, 2.75) is 46.6 Å². The van der Waals surface area contributed by atoms with E-state index in [1.54, 1.807) is 7.11 Å². The van der Waals surface area contributed by atoms with Crippen LogP contribution < -0.4 is 10.1 Å². The lowest BCUT2D eigenvalue weighted by molar-refractivity contribution is 0.416. The van der Waals surface area contributed by atoms with Gasteiger partial charge in [0.05, 0.1) is 12.8 Å². The van der Waals surface area contributed by atoms with Gasteiger partial charge in [0.25, 0.3) is 0 Å². The molecule has 0 amide bonds. The van der Waals surface area contributed by atoms with E-state index in [-0.39, 0.29) is 5.41 Å². The van der Waals surface area contributed by atoms with E-state index >= 15 is 0 Å². The van der Waals surface area contributed by atoms with E-state index in [9.17, 15) is 0 Å². The van der Waals surface area contributed by atoms with Crippen LogP contribution in [0, 0.1) is 13.8 Å². The molecule has 0 unspecified atom stereocenters. The smallest absolute Gasteiger partial charge is 0.141 e. The average Bonchev–Trinajstić information content (AvgIpc) is 2.73. The fraction of sp³-hybridized carbons (Fsp3) is 0.444. The summed E-state index contributed by atoms with van der Waals surface area (Å²) in [6.07, 6.45) is 0. The zero-order chi connectivity index (χ0) is 15.6. The van der Waals surface area contributed by atoms with Gasteiger partial charge in [0.2, 0.25) is 0 Å². The number of hydrogen-bond acceptors (Lipinski definition) is 3. The molecule has 0 spiro atoms. The Kier molecular flexibility index (Phi) is 4.62. The Labute approximate surface area is 132 Å². The summed E-state index contributed by atoms with van der Waals surface area (Å²) >= 11 is 1.85. The van der Waals surface area contributed by atoms with Crippen molar-refractivity contribution in [3.05, 3.63) is 45.1 Å². The first-order valence-electron chi connectivity index (χ1n) is 7.29. The van der Waals surface area contributed by atoms with Crippen LogP contribution in [0.15, 0.2) is 24.3 Å². The Morgan fingerprint density at radius 3 is 2.38 bits per heavy atom. The quantitative estimate of drug-likeness (QED) is 0.829. The summed E-state index contributed by atoms with van der Waals surface area (Å²) in [5.41, 5.74) is 3.87. The molecule has 1 aromatic carbocycles. The molecule has 0 radical (unpaired) electrons. The van der Waals surface area contributed by atoms with Crippen LogP contribution in [-0.4, -0.2) is 7.11 Å². The lowest BCUT2D eigenvalue weighted by Crippen LogP contribution is -2.12. The summed E-state index contributed by atoms with van der Waals surface area (Å²) in [6, 6.07) is 8.65. The highest BCUT2D eigenvalue weighted by atomic mass is 32.1. The minimum Gasteiger partial charge on any atom is -0.495 e. The van der Waals surface area contributed by atoms with Gasteiger partial charge in [-0.05, 0) is 48.6 Å². The molecular formula is C18H25NOS. The molecule has 1 heterocycles. The second-order valence-corrected chi connectivity index (χ2v) is 7.92. The summed E-state index contributed by atoms with van der Waals surface area (Å²) in [5.74, 6) is 0.896. The van der Waals surface area contributed by atoms with Crippen molar-refractivity contribution >= 4 is 17.0 Å². The molecule has 3 heteroatoms. The molecule has 2 nitrogen and oxygen atoms in total. The summed E-state index contributed by atoms with van der Waals surface area (Å²) in [5, 5.41) is 3.53. The largest absolute Gasteiger partial charge is 0.495 e.